The van der Waals surface area contributed by atoms with Gasteiger partial charge >= 0.3 is 19.3 Å². The van der Waals surface area contributed by atoms with Gasteiger partial charge in [-0.25, -0.2) is 9.59 Å². The number of carbonyl (C=O) groups is 2. The van der Waals surface area contributed by atoms with Gasteiger partial charge in [0.2, 0.25) is 0 Å². The zero-order valence-corrected chi connectivity index (χ0v) is 13.5. The first-order valence-corrected chi connectivity index (χ1v) is 7.12. The van der Waals surface area contributed by atoms with Crippen LogP contribution in [0.2, 0.25) is 0 Å². The van der Waals surface area contributed by atoms with E-state index in [4.69, 9.17) is 35.5 Å². The summed E-state index contributed by atoms with van der Waals surface area (Å²) in [5, 5.41) is 56.3. The van der Waals surface area contributed by atoms with Gasteiger partial charge in [0.25, 0.3) is 0 Å². The van der Waals surface area contributed by atoms with Crippen molar-refractivity contribution in [3.8, 4) is 0 Å². The Balaban J connectivity index is 0.000000401. The Labute approximate surface area is 149 Å². The minimum atomic E-state index is -2.17. The van der Waals surface area contributed by atoms with Gasteiger partial charge < -0.3 is 35.5 Å². The van der Waals surface area contributed by atoms with E-state index in [1.54, 1.807) is 60.7 Å². The van der Waals surface area contributed by atoms with Crippen molar-refractivity contribution in [2.24, 2.45) is 0 Å². The molecule has 0 spiro atoms. The van der Waals surface area contributed by atoms with Crippen LogP contribution in [-0.4, -0.2) is 54.8 Å². The number of carboxylic acids is 2. The van der Waals surface area contributed by atoms with Gasteiger partial charge in [0.15, 0.2) is 12.2 Å². The Hall–Kier alpha value is -2.76. The van der Waals surface area contributed by atoms with E-state index in [2.05, 4.69) is 0 Å². The molecule has 2 atom stereocenters. The van der Waals surface area contributed by atoms with Gasteiger partial charge in [-0.3, -0.25) is 0 Å². The van der Waals surface area contributed by atoms with Crippen molar-refractivity contribution >= 4 is 19.3 Å². The smallest absolute Gasteiger partial charge is 0.479 e. The number of hydrogen-bond donors (Lipinski definition) is 7. The number of hydrogen-bond acceptors (Lipinski definition) is 7. The van der Waals surface area contributed by atoms with E-state index >= 15 is 0 Å². The molecule has 0 fully saturated rings. The van der Waals surface area contributed by atoms with Crippen LogP contribution < -0.4 is 0 Å². The predicted octanol–water partition coefficient (Wildman–Crippen LogP) is -0.443. The van der Waals surface area contributed by atoms with Crippen LogP contribution in [0, 0.1) is 0 Å². The molecule has 2 unspecified atom stereocenters. The molecule has 2 rings (SSSR count). The van der Waals surface area contributed by atoms with Crippen LogP contribution in [0.5, 0.6) is 0 Å². The maximum absolute atomic E-state index is 10.2. The molecule has 0 radical (unpaired) electrons. The number of aliphatic hydroxyl groups excluding tert-OH is 2. The quantitative estimate of drug-likeness (QED) is 0.354. The van der Waals surface area contributed by atoms with Gasteiger partial charge in [0, 0.05) is 0 Å². The van der Waals surface area contributed by atoms with Gasteiger partial charge in [-0.1, -0.05) is 60.7 Å². The van der Waals surface area contributed by atoms with E-state index in [9.17, 15) is 9.59 Å². The van der Waals surface area contributed by atoms with Gasteiger partial charge in [0.05, 0.1) is 0 Å². The minimum Gasteiger partial charge on any atom is -0.479 e. The van der Waals surface area contributed by atoms with Gasteiger partial charge in [-0.2, -0.15) is 0 Å². The molecule has 0 bridgehead atoms. The highest BCUT2D eigenvalue weighted by Gasteiger charge is 2.14. The molecule has 2 aromatic carbocycles. The average molecular weight is 366 g/mol. The van der Waals surface area contributed by atoms with Crippen LogP contribution in [-0.2, 0) is 9.59 Å². The first-order valence-electron chi connectivity index (χ1n) is 7.12. The number of benzene rings is 2. The van der Waals surface area contributed by atoms with E-state index in [0.717, 1.165) is 0 Å². The van der Waals surface area contributed by atoms with E-state index in [-0.39, 0.29) is 0 Å². The second-order valence-corrected chi connectivity index (χ2v) is 4.65. The highest BCUT2D eigenvalue weighted by molar-refractivity contribution is 6.30. The topological polar surface area (TPSA) is 176 Å². The summed E-state index contributed by atoms with van der Waals surface area (Å²) >= 11 is 0. The molecule has 0 amide bonds. The second kappa shape index (κ2) is 12.6. The monoisotopic (exact) mass is 366 g/mol. The van der Waals surface area contributed by atoms with Crippen molar-refractivity contribution in [3.63, 3.8) is 0 Å². The molecule has 9 nitrogen and oxygen atoms in total. The normalized spacial score (nSPS) is 11.6. The molecular weight excluding hydrogens is 347 g/mol. The van der Waals surface area contributed by atoms with Crippen molar-refractivity contribution in [1.82, 2.24) is 0 Å². The lowest BCUT2D eigenvalue weighted by Gasteiger charge is -2.03. The van der Waals surface area contributed by atoms with Crippen LogP contribution in [0.15, 0.2) is 60.7 Å². The molecule has 0 saturated heterocycles. The molecule has 7 N–H and O–H groups in total. The van der Waals surface area contributed by atoms with E-state index in [0.29, 0.717) is 11.1 Å². The number of carboxylic acid groups (broad SMARTS) is 2. The van der Waals surface area contributed by atoms with E-state index < -0.39 is 31.5 Å². The first kappa shape index (κ1) is 23.2. The van der Waals surface area contributed by atoms with Crippen molar-refractivity contribution < 1.29 is 45.1 Å². The summed E-state index contributed by atoms with van der Waals surface area (Å²) < 4.78 is 0. The fourth-order valence-electron chi connectivity index (χ4n) is 1.56. The van der Waals surface area contributed by atoms with Crippen molar-refractivity contribution in [2.75, 3.05) is 0 Å². The summed E-state index contributed by atoms with van der Waals surface area (Å²) in [5.74, 6) is -2.45. The minimum absolute atomic E-state index is 0.403. The lowest BCUT2D eigenvalue weighted by atomic mass is 10.1. The fraction of sp³-hybridized carbons (Fsp3) is 0.125. The Morgan fingerprint density at radius 1 is 0.654 bits per heavy atom. The SMILES string of the molecule is O=C(O)C(O)c1ccccc1.O=C(O)C(O)c1ccccc1.OB(O)O. The van der Waals surface area contributed by atoms with Gasteiger partial charge in [0.1, 0.15) is 0 Å². The van der Waals surface area contributed by atoms with Crippen LogP contribution in [0.25, 0.3) is 0 Å². The highest BCUT2D eigenvalue weighted by Crippen LogP contribution is 2.11. The summed E-state index contributed by atoms with van der Waals surface area (Å²) in [6.45, 7) is 0. The molecule has 140 valence electrons. The van der Waals surface area contributed by atoms with Crippen molar-refractivity contribution in [1.29, 1.82) is 0 Å². The molecule has 2 aromatic rings. The second-order valence-electron chi connectivity index (χ2n) is 4.65. The third-order valence-electron chi connectivity index (χ3n) is 2.70. The largest absolute Gasteiger partial charge is 0.631 e. The van der Waals surface area contributed by atoms with Gasteiger partial charge in [-0.05, 0) is 11.1 Å². The van der Waals surface area contributed by atoms with E-state index in [1.807, 2.05) is 0 Å². The summed E-state index contributed by atoms with van der Waals surface area (Å²) in [7, 11) is -2.17. The Morgan fingerprint density at radius 3 is 1.08 bits per heavy atom. The van der Waals surface area contributed by atoms with Crippen LogP contribution >= 0.6 is 0 Å². The molecule has 0 saturated carbocycles. The van der Waals surface area contributed by atoms with Crippen LogP contribution in [0.1, 0.15) is 23.3 Å². The summed E-state index contributed by atoms with van der Waals surface area (Å²) in [4.78, 5) is 20.5. The zero-order valence-electron chi connectivity index (χ0n) is 13.5. The number of aliphatic carboxylic acids is 2. The highest BCUT2D eigenvalue weighted by atomic mass is 16.5. The lowest BCUT2D eigenvalue weighted by molar-refractivity contribution is -0.147. The fourth-order valence-corrected chi connectivity index (χ4v) is 1.56. The Morgan fingerprint density at radius 2 is 0.885 bits per heavy atom. The molecule has 0 aliphatic rings. The molecular formula is C16H19BO9. The molecule has 26 heavy (non-hydrogen) atoms. The van der Waals surface area contributed by atoms with E-state index in [1.165, 1.54) is 0 Å². The van der Waals surface area contributed by atoms with Crippen LogP contribution in [0.4, 0.5) is 0 Å². The Kier molecular flexibility index (Phi) is 11.3. The maximum atomic E-state index is 10.2. The molecule has 0 aromatic heterocycles. The number of rotatable bonds is 4. The molecule has 0 heterocycles. The maximum Gasteiger partial charge on any atom is 0.631 e. The average Bonchev–Trinajstić information content (AvgIpc) is 2.61. The van der Waals surface area contributed by atoms with Crippen LogP contribution in [0.3, 0.4) is 0 Å². The molecule has 0 aliphatic carbocycles. The summed E-state index contributed by atoms with van der Waals surface area (Å²) in [6.07, 6.45) is -2.81. The predicted molar refractivity (Wildman–Crippen MR) is 90.5 cm³/mol. The standard InChI is InChI=1S/2C8H8O3.BH3O3/c2*9-7(8(10)11)6-4-2-1-3-5-6;2-1(3)4/h2*1-5,7,9H,(H,10,11);2-4H. The summed E-state index contributed by atoms with van der Waals surface area (Å²) in [5.41, 5.74) is 0.806. The number of aliphatic hydroxyl groups is 2. The lowest BCUT2D eigenvalue weighted by Crippen LogP contribution is -2.09. The van der Waals surface area contributed by atoms with Crippen molar-refractivity contribution in [2.45, 2.75) is 12.2 Å². The molecule has 10 heteroatoms. The third-order valence-corrected chi connectivity index (χ3v) is 2.70. The van der Waals surface area contributed by atoms with Crippen molar-refractivity contribution in [3.05, 3.63) is 71.8 Å². The zero-order chi connectivity index (χ0) is 20.1. The Bertz CT molecular complexity index is 591. The third kappa shape index (κ3) is 10.2. The van der Waals surface area contributed by atoms with Gasteiger partial charge in [-0.15, -0.1) is 0 Å². The molecule has 0 aliphatic heterocycles. The first-order chi connectivity index (χ1) is 12.2. The summed E-state index contributed by atoms with van der Waals surface area (Å²) in [6, 6.07) is 16.5.